The minimum atomic E-state index is -0.937. The van der Waals surface area contributed by atoms with E-state index in [9.17, 15) is 9.90 Å². The number of hydrogen-bond acceptors (Lipinski definition) is 3. The van der Waals surface area contributed by atoms with Crippen molar-refractivity contribution in [2.45, 2.75) is 77.2 Å². The predicted octanol–water partition coefficient (Wildman–Crippen LogP) is 6.26. The van der Waals surface area contributed by atoms with Gasteiger partial charge in [-0.1, -0.05) is 86.1 Å². The highest BCUT2D eigenvalue weighted by Crippen LogP contribution is 2.48. The monoisotopic (exact) mass is 452 g/mol. The second-order valence-electron chi connectivity index (χ2n) is 10.0. The molecule has 2 fully saturated rings. The Kier molecular flexibility index (Phi) is 9.52. The van der Waals surface area contributed by atoms with E-state index in [0.29, 0.717) is 6.61 Å². The molecule has 2 saturated carbocycles. The molecule has 0 aliphatic heterocycles. The lowest BCUT2D eigenvalue weighted by Gasteiger charge is -2.45. The molecule has 2 aliphatic carbocycles. The number of benzene rings is 1. The van der Waals surface area contributed by atoms with Crippen molar-refractivity contribution in [3.63, 3.8) is 0 Å². The van der Waals surface area contributed by atoms with Crippen LogP contribution in [0.15, 0.2) is 66.3 Å². The van der Waals surface area contributed by atoms with Gasteiger partial charge in [-0.2, -0.15) is 0 Å². The standard InChI is InChI=1S/C29H40O4/c1-28(17-7-5-14-25(28)16-22-33-23-27(31)32)18-8-6-15-26(30)29(20-10-21-29)19-9-13-24-11-3-2-4-12-24/h2-4,6,8,11-12,15-16,18,26,30H,5,7,9-10,13-14,17,19-23H2,1H3,(H,31,32)/b15-6+,18-8+,25-16+. The molecule has 3 rings (SSSR count). The van der Waals surface area contributed by atoms with Crippen LogP contribution in [-0.2, 0) is 16.0 Å². The van der Waals surface area contributed by atoms with Crippen LogP contribution in [0.25, 0.3) is 0 Å². The molecule has 33 heavy (non-hydrogen) atoms. The Hall–Kier alpha value is -2.17. The van der Waals surface area contributed by atoms with Gasteiger partial charge in [0.05, 0.1) is 12.7 Å². The van der Waals surface area contributed by atoms with Crippen molar-refractivity contribution in [2.24, 2.45) is 10.8 Å². The van der Waals surface area contributed by atoms with Crippen molar-refractivity contribution in [2.75, 3.05) is 13.2 Å². The van der Waals surface area contributed by atoms with Crippen LogP contribution < -0.4 is 0 Å². The summed E-state index contributed by atoms with van der Waals surface area (Å²) in [7, 11) is 0. The molecule has 1 aromatic carbocycles. The van der Waals surface area contributed by atoms with Gasteiger partial charge in [0.25, 0.3) is 0 Å². The number of carboxylic acid groups (broad SMARTS) is 1. The fourth-order valence-corrected chi connectivity index (χ4v) is 5.34. The molecule has 4 heteroatoms. The fourth-order valence-electron chi connectivity index (χ4n) is 5.34. The van der Waals surface area contributed by atoms with E-state index in [2.05, 4.69) is 55.5 Å². The molecule has 0 heterocycles. The molecule has 0 amide bonds. The number of aliphatic hydroxyl groups is 1. The van der Waals surface area contributed by atoms with Crippen molar-refractivity contribution in [3.8, 4) is 0 Å². The molecular weight excluding hydrogens is 412 g/mol. The molecule has 1 aromatic rings. The van der Waals surface area contributed by atoms with Crippen LogP contribution in [0.4, 0.5) is 0 Å². The summed E-state index contributed by atoms with van der Waals surface area (Å²) in [6.07, 6.45) is 21.1. The van der Waals surface area contributed by atoms with Gasteiger partial charge < -0.3 is 14.9 Å². The largest absolute Gasteiger partial charge is 0.480 e. The first-order chi connectivity index (χ1) is 15.9. The van der Waals surface area contributed by atoms with E-state index < -0.39 is 12.1 Å². The quantitative estimate of drug-likeness (QED) is 0.223. The zero-order valence-corrected chi connectivity index (χ0v) is 20.0. The van der Waals surface area contributed by atoms with Crippen LogP contribution in [0.3, 0.4) is 0 Å². The van der Waals surface area contributed by atoms with Gasteiger partial charge in [-0.25, -0.2) is 4.79 Å². The van der Waals surface area contributed by atoms with Crippen molar-refractivity contribution in [3.05, 3.63) is 71.8 Å². The van der Waals surface area contributed by atoms with Gasteiger partial charge in [-0.3, -0.25) is 0 Å². The molecule has 180 valence electrons. The predicted molar refractivity (Wildman–Crippen MR) is 133 cm³/mol. The maximum Gasteiger partial charge on any atom is 0.329 e. The zero-order valence-electron chi connectivity index (χ0n) is 20.0. The first kappa shape index (κ1) is 25.5. The average molecular weight is 453 g/mol. The smallest absolute Gasteiger partial charge is 0.329 e. The van der Waals surface area contributed by atoms with Crippen molar-refractivity contribution in [1.82, 2.24) is 0 Å². The van der Waals surface area contributed by atoms with Gasteiger partial charge in [-0.05, 0) is 62.3 Å². The summed E-state index contributed by atoms with van der Waals surface area (Å²) in [6, 6.07) is 10.6. The summed E-state index contributed by atoms with van der Waals surface area (Å²) >= 11 is 0. The van der Waals surface area contributed by atoms with Gasteiger partial charge >= 0.3 is 5.97 Å². The van der Waals surface area contributed by atoms with Gasteiger partial charge in [0.1, 0.15) is 6.61 Å². The molecule has 0 spiro atoms. The Morgan fingerprint density at radius 1 is 1.12 bits per heavy atom. The zero-order chi connectivity index (χ0) is 23.6. The molecule has 0 aromatic heterocycles. The van der Waals surface area contributed by atoms with Crippen LogP contribution in [0.1, 0.15) is 70.3 Å². The number of aliphatic hydroxyl groups excluding tert-OH is 1. The van der Waals surface area contributed by atoms with Crippen molar-refractivity contribution < 1.29 is 19.7 Å². The first-order valence-corrected chi connectivity index (χ1v) is 12.5. The maximum absolute atomic E-state index is 11.0. The lowest BCUT2D eigenvalue weighted by atomic mass is 9.62. The highest BCUT2D eigenvalue weighted by atomic mass is 16.5. The van der Waals surface area contributed by atoms with Crippen LogP contribution in [0.5, 0.6) is 0 Å². The normalized spacial score (nSPS) is 24.8. The Balaban J connectivity index is 1.53. The Morgan fingerprint density at radius 3 is 2.61 bits per heavy atom. The van der Waals surface area contributed by atoms with E-state index in [4.69, 9.17) is 9.84 Å². The molecule has 4 nitrogen and oxygen atoms in total. The van der Waals surface area contributed by atoms with Gasteiger partial charge in [0.2, 0.25) is 0 Å². The summed E-state index contributed by atoms with van der Waals surface area (Å²) < 4.78 is 5.22. The molecule has 0 saturated heterocycles. The Labute approximate surface area is 199 Å². The topological polar surface area (TPSA) is 66.8 Å². The summed E-state index contributed by atoms with van der Waals surface area (Å²) in [5, 5.41) is 19.7. The fraction of sp³-hybridized carbons (Fsp3) is 0.552. The highest BCUT2D eigenvalue weighted by molar-refractivity contribution is 5.68. The molecule has 2 N–H and O–H groups in total. The van der Waals surface area contributed by atoms with Crippen LogP contribution in [-0.4, -0.2) is 35.5 Å². The third-order valence-electron chi connectivity index (χ3n) is 7.63. The third kappa shape index (κ3) is 7.41. The summed E-state index contributed by atoms with van der Waals surface area (Å²) in [6.45, 7) is 2.32. The lowest BCUT2D eigenvalue weighted by molar-refractivity contribution is -0.141. The minimum absolute atomic E-state index is 0.0377. The van der Waals surface area contributed by atoms with E-state index in [1.165, 1.54) is 24.0 Å². The van der Waals surface area contributed by atoms with E-state index in [-0.39, 0.29) is 17.4 Å². The summed E-state index contributed by atoms with van der Waals surface area (Å²) in [5.74, 6) is -0.937. The van der Waals surface area contributed by atoms with E-state index >= 15 is 0 Å². The van der Waals surface area contributed by atoms with Crippen molar-refractivity contribution >= 4 is 5.97 Å². The summed E-state index contributed by atoms with van der Waals surface area (Å²) in [4.78, 5) is 10.6. The Morgan fingerprint density at radius 2 is 1.91 bits per heavy atom. The van der Waals surface area contributed by atoms with E-state index in [1.807, 2.05) is 12.2 Å². The number of ether oxygens (including phenoxy) is 1. The molecule has 2 unspecified atom stereocenters. The number of carbonyl (C=O) groups is 1. The second kappa shape index (κ2) is 12.3. The van der Waals surface area contributed by atoms with Crippen LogP contribution in [0.2, 0.25) is 0 Å². The average Bonchev–Trinajstić information content (AvgIpc) is 2.77. The van der Waals surface area contributed by atoms with E-state index in [0.717, 1.165) is 51.4 Å². The van der Waals surface area contributed by atoms with Crippen LogP contribution in [0, 0.1) is 10.8 Å². The lowest BCUT2D eigenvalue weighted by Crippen LogP contribution is -2.40. The third-order valence-corrected chi connectivity index (χ3v) is 7.63. The number of allylic oxidation sites excluding steroid dienone is 4. The molecule has 0 radical (unpaired) electrons. The summed E-state index contributed by atoms with van der Waals surface area (Å²) in [5.41, 5.74) is 2.70. The minimum Gasteiger partial charge on any atom is -0.480 e. The SMILES string of the molecule is CC1(/C=C/C=C/C(O)C2(CCCc3ccccc3)CCC2)CCCC/C1=C\COCC(=O)O. The number of carboxylic acids is 1. The maximum atomic E-state index is 11.0. The number of hydrogen-bond donors (Lipinski definition) is 2. The Bertz CT molecular complexity index is 834. The first-order valence-electron chi connectivity index (χ1n) is 12.5. The van der Waals surface area contributed by atoms with Gasteiger partial charge in [-0.15, -0.1) is 0 Å². The van der Waals surface area contributed by atoms with E-state index in [1.54, 1.807) is 0 Å². The molecular formula is C29H40O4. The molecule has 0 bridgehead atoms. The number of aryl methyl sites for hydroxylation is 1. The number of aliphatic carboxylic acids is 1. The van der Waals surface area contributed by atoms with Crippen LogP contribution >= 0.6 is 0 Å². The highest BCUT2D eigenvalue weighted by Gasteiger charge is 2.41. The van der Waals surface area contributed by atoms with Gasteiger partial charge in [0.15, 0.2) is 0 Å². The number of rotatable bonds is 12. The molecule has 2 atom stereocenters. The van der Waals surface area contributed by atoms with Gasteiger partial charge in [0, 0.05) is 5.41 Å². The second-order valence-corrected chi connectivity index (χ2v) is 10.0. The van der Waals surface area contributed by atoms with Crippen molar-refractivity contribution in [1.29, 1.82) is 0 Å². The molecule has 2 aliphatic rings.